The minimum atomic E-state index is -0.626. The van der Waals surface area contributed by atoms with Crippen LogP contribution in [0, 0.1) is 10.1 Å². The van der Waals surface area contributed by atoms with Crippen molar-refractivity contribution in [2.24, 2.45) is 0 Å². The summed E-state index contributed by atoms with van der Waals surface area (Å²) in [6.45, 7) is 2.01. The number of carbonyl (C=O) groups is 2. The molecule has 1 aromatic heterocycles. The minimum Gasteiger partial charge on any atom is -0.494 e. The summed E-state index contributed by atoms with van der Waals surface area (Å²) in [5.74, 6) is -0.187. The molecular weight excluding hydrogens is 472 g/mol. The Balaban J connectivity index is 1.64. The summed E-state index contributed by atoms with van der Waals surface area (Å²) < 4.78 is 10.9. The first-order valence-electron chi connectivity index (χ1n) is 10.8. The van der Waals surface area contributed by atoms with Crippen LogP contribution in [-0.4, -0.2) is 29.0 Å². The van der Waals surface area contributed by atoms with E-state index in [1.54, 1.807) is 30.3 Å². The average molecular weight is 497 g/mol. The van der Waals surface area contributed by atoms with E-state index in [0.717, 1.165) is 12.8 Å². The van der Waals surface area contributed by atoms with Crippen LogP contribution in [0.4, 0.5) is 17.1 Å². The van der Waals surface area contributed by atoms with E-state index in [0.29, 0.717) is 23.5 Å². The van der Waals surface area contributed by atoms with E-state index in [1.807, 2.05) is 6.92 Å². The van der Waals surface area contributed by atoms with Crippen LogP contribution in [0.3, 0.4) is 0 Å². The molecule has 3 N–H and O–H groups in total. The van der Waals surface area contributed by atoms with E-state index < -0.39 is 10.8 Å². The summed E-state index contributed by atoms with van der Waals surface area (Å²) in [7, 11) is 1.48. The molecule has 0 spiro atoms. The monoisotopic (exact) mass is 496 g/mol. The van der Waals surface area contributed by atoms with Crippen molar-refractivity contribution in [1.82, 2.24) is 5.32 Å². The fraction of sp³-hybridized carbons (Fsp3) is 0.208. The first kappa shape index (κ1) is 25.4. The lowest BCUT2D eigenvalue weighted by molar-refractivity contribution is -0.384. The third-order valence-corrected chi connectivity index (χ3v) is 5.12. The molecular formula is C24H24N4O6S. The number of carbonyl (C=O) groups excluding carboxylic acids is 2. The predicted molar refractivity (Wildman–Crippen MR) is 136 cm³/mol. The maximum Gasteiger partial charge on any atom is 0.293 e. The van der Waals surface area contributed by atoms with Crippen molar-refractivity contribution in [3.8, 4) is 17.1 Å². The van der Waals surface area contributed by atoms with Crippen LogP contribution in [0.15, 0.2) is 59.0 Å². The van der Waals surface area contributed by atoms with Crippen molar-refractivity contribution in [3.05, 3.63) is 70.5 Å². The maximum atomic E-state index is 12.6. The van der Waals surface area contributed by atoms with E-state index in [9.17, 15) is 19.7 Å². The van der Waals surface area contributed by atoms with Crippen molar-refractivity contribution < 1.29 is 23.7 Å². The van der Waals surface area contributed by atoms with Gasteiger partial charge in [-0.3, -0.25) is 25.0 Å². The molecule has 0 saturated carbocycles. The largest absolute Gasteiger partial charge is 0.494 e. The second-order valence-corrected chi connectivity index (χ2v) is 7.82. The zero-order valence-corrected chi connectivity index (χ0v) is 19.9. The van der Waals surface area contributed by atoms with Crippen molar-refractivity contribution in [3.63, 3.8) is 0 Å². The molecule has 0 aliphatic heterocycles. The highest BCUT2D eigenvalue weighted by molar-refractivity contribution is 7.80. The Morgan fingerprint density at radius 1 is 1.11 bits per heavy atom. The van der Waals surface area contributed by atoms with Crippen molar-refractivity contribution >= 4 is 46.2 Å². The van der Waals surface area contributed by atoms with E-state index in [2.05, 4.69) is 16.0 Å². The van der Waals surface area contributed by atoms with E-state index >= 15 is 0 Å². The molecule has 182 valence electrons. The Morgan fingerprint density at radius 3 is 2.60 bits per heavy atom. The number of nitrogens with zero attached hydrogens (tertiary/aromatic N) is 1. The van der Waals surface area contributed by atoms with Gasteiger partial charge in [0.05, 0.1) is 23.3 Å². The molecule has 3 aromatic rings. The average Bonchev–Trinajstić information content (AvgIpc) is 3.34. The van der Waals surface area contributed by atoms with Gasteiger partial charge in [0, 0.05) is 24.2 Å². The third-order valence-electron chi connectivity index (χ3n) is 4.91. The van der Waals surface area contributed by atoms with Gasteiger partial charge in [0.1, 0.15) is 11.5 Å². The van der Waals surface area contributed by atoms with Gasteiger partial charge in [-0.25, -0.2) is 0 Å². The quantitative estimate of drug-likeness (QED) is 0.211. The lowest BCUT2D eigenvalue weighted by Crippen LogP contribution is -2.33. The zero-order chi connectivity index (χ0) is 25.4. The summed E-state index contributed by atoms with van der Waals surface area (Å²) in [6, 6.07) is 13.9. The van der Waals surface area contributed by atoms with Gasteiger partial charge in [-0.2, -0.15) is 0 Å². The first-order valence-corrected chi connectivity index (χ1v) is 11.2. The molecule has 0 bridgehead atoms. The van der Waals surface area contributed by atoms with Gasteiger partial charge in [0.2, 0.25) is 5.91 Å². The number of furan rings is 1. The Kier molecular flexibility index (Phi) is 8.52. The van der Waals surface area contributed by atoms with Crippen LogP contribution >= 0.6 is 12.2 Å². The van der Waals surface area contributed by atoms with E-state index in [4.69, 9.17) is 21.4 Å². The molecule has 0 atom stereocenters. The normalized spacial score (nSPS) is 10.3. The number of amides is 2. The zero-order valence-electron chi connectivity index (χ0n) is 19.1. The van der Waals surface area contributed by atoms with Gasteiger partial charge in [0.25, 0.3) is 11.6 Å². The third kappa shape index (κ3) is 6.64. The topological polar surface area (TPSA) is 136 Å². The number of thiocarbonyl (C=S) groups is 1. The van der Waals surface area contributed by atoms with Crippen molar-refractivity contribution in [1.29, 1.82) is 0 Å². The van der Waals surface area contributed by atoms with Gasteiger partial charge in [0.15, 0.2) is 10.9 Å². The molecule has 0 saturated heterocycles. The molecule has 0 aliphatic rings. The Hall–Kier alpha value is -4.25. The van der Waals surface area contributed by atoms with Crippen LogP contribution < -0.4 is 20.7 Å². The number of rotatable bonds is 9. The lowest BCUT2D eigenvalue weighted by Gasteiger charge is -2.13. The molecule has 35 heavy (non-hydrogen) atoms. The Morgan fingerprint density at radius 2 is 1.89 bits per heavy atom. The predicted octanol–water partition coefficient (Wildman–Crippen LogP) is 5.12. The highest BCUT2D eigenvalue weighted by atomic mass is 32.1. The molecule has 0 fully saturated rings. The van der Waals surface area contributed by atoms with Gasteiger partial charge in [-0.1, -0.05) is 25.5 Å². The highest BCUT2D eigenvalue weighted by Gasteiger charge is 2.20. The smallest absolute Gasteiger partial charge is 0.293 e. The first-order chi connectivity index (χ1) is 16.8. The van der Waals surface area contributed by atoms with E-state index in [1.165, 1.54) is 31.4 Å². The number of nitrogens with one attached hydrogen (secondary N) is 3. The number of nitro benzene ring substituents is 1. The molecule has 3 rings (SSSR count). The fourth-order valence-electron chi connectivity index (χ4n) is 3.20. The summed E-state index contributed by atoms with van der Waals surface area (Å²) in [5, 5.41) is 19.4. The Bertz CT molecular complexity index is 1260. The Labute approximate surface area is 206 Å². The van der Waals surface area contributed by atoms with Crippen LogP contribution in [0.1, 0.15) is 36.7 Å². The van der Waals surface area contributed by atoms with Crippen LogP contribution in [0.2, 0.25) is 0 Å². The standard InChI is InChI=1S/C24H24N4O6S/c1-3-4-9-22(29)26-17-11-10-15(14-21(17)33-2)25-24(35)27-23(30)20-13-12-19(34-20)16-7-5-6-8-18(16)28(31)32/h5-8,10-14H,3-4,9H2,1-2H3,(H,26,29)(H2,25,27,30,35). The number of nitro groups is 1. The fourth-order valence-corrected chi connectivity index (χ4v) is 3.41. The van der Waals surface area contributed by atoms with Crippen LogP contribution in [0.25, 0.3) is 11.3 Å². The molecule has 2 amide bonds. The molecule has 1 heterocycles. The molecule has 10 nitrogen and oxygen atoms in total. The molecule has 0 aliphatic carbocycles. The lowest BCUT2D eigenvalue weighted by atomic mass is 10.1. The summed E-state index contributed by atoms with van der Waals surface area (Å²) in [4.78, 5) is 35.3. The number of anilines is 2. The van der Waals surface area contributed by atoms with Gasteiger partial charge >= 0.3 is 0 Å². The number of hydrogen-bond acceptors (Lipinski definition) is 7. The second-order valence-electron chi connectivity index (χ2n) is 7.41. The number of benzene rings is 2. The van der Waals surface area contributed by atoms with Crippen molar-refractivity contribution in [2.75, 3.05) is 17.7 Å². The second kappa shape index (κ2) is 11.7. The number of hydrogen-bond donors (Lipinski definition) is 3. The van der Waals surface area contributed by atoms with Crippen LogP contribution in [-0.2, 0) is 4.79 Å². The number of ether oxygens (including phenoxy) is 1. The SMILES string of the molecule is CCCCC(=O)Nc1ccc(NC(=S)NC(=O)c2ccc(-c3ccccc3[N+](=O)[O-])o2)cc1OC. The number of para-hydroxylation sites is 1. The van der Waals surface area contributed by atoms with Gasteiger partial charge in [-0.15, -0.1) is 0 Å². The van der Waals surface area contributed by atoms with Crippen LogP contribution in [0.5, 0.6) is 5.75 Å². The number of unbranched alkanes of at least 4 members (excludes halogenated alkanes) is 1. The molecule has 0 unspecified atom stereocenters. The molecule has 2 aromatic carbocycles. The van der Waals surface area contributed by atoms with E-state index in [-0.39, 0.29) is 33.8 Å². The minimum absolute atomic E-state index is 0.000395. The molecule has 0 radical (unpaired) electrons. The number of methoxy groups -OCH3 is 1. The van der Waals surface area contributed by atoms with Gasteiger partial charge in [-0.05, 0) is 49.0 Å². The highest BCUT2D eigenvalue weighted by Crippen LogP contribution is 2.31. The van der Waals surface area contributed by atoms with Crippen molar-refractivity contribution in [2.45, 2.75) is 26.2 Å². The molecule has 11 heteroatoms. The maximum absolute atomic E-state index is 12.6. The summed E-state index contributed by atoms with van der Waals surface area (Å²) in [5.41, 5.74) is 1.17. The summed E-state index contributed by atoms with van der Waals surface area (Å²) >= 11 is 5.21. The van der Waals surface area contributed by atoms with Gasteiger partial charge < -0.3 is 19.8 Å². The summed E-state index contributed by atoms with van der Waals surface area (Å²) in [6.07, 6.45) is 2.13.